The molecule has 0 fully saturated rings. The summed E-state index contributed by atoms with van der Waals surface area (Å²) in [4.78, 5) is 17.9. The lowest BCUT2D eigenvalue weighted by Gasteiger charge is -2.02. The van der Waals surface area contributed by atoms with Crippen LogP contribution in [-0.2, 0) is 16.1 Å². The molecule has 5 heteroatoms. The van der Waals surface area contributed by atoms with Crippen molar-refractivity contribution in [2.24, 2.45) is 0 Å². The topological polar surface area (TPSA) is 67.0 Å². The van der Waals surface area contributed by atoms with Gasteiger partial charge in [0.05, 0.1) is 19.6 Å². The lowest BCUT2D eigenvalue weighted by atomic mass is 10.4. The number of nitrogens with one attached hydrogen (secondary N) is 2. The highest BCUT2D eigenvalue weighted by Crippen LogP contribution is 1.88. The van der Waals surface area contributed by atoms with Crippen molar-refractivity contribution in [3.8, 4) is 0 Å². The minimum Gasteiger partial charge on any atom is -0.466 e. The Morgan fingerprint density at radius 3 is 3.21 bits per heavy atom. The number of carbonyl (C=O) groups excluding carboxylic acids is 1. The fourth-order valence-electron chi connectivity index (χ4n) is 1.03. The van der Waals surface area contributed by atoms with E-state index in [0.29, 0.717) is 26.1 Å². The summed E-state index contributed by atoms with van der Waals surface area (Å²) in [6.45, 7) is 3.50. The third kappa shape index (κ3) is 4.04. The van der Waals surface area contributed by atoms with Crippen LogP contribution in [0.15, 0.2) is 12.4 Å². The molecule has 0 atom stereocenters. The molecule has 0 radical (unpaired) electrons. The Bertz CT molecular complexity index is 259. The van der Waals surface area contributed by atoms with Gasteiger partial charge in [0.15, 0.2) is 0 Å². The average Bonchev–Trinajstić information content (AvgIpc) is 2.65. The first-order valence-corrected chi connectivity index (χ1v) is 4.67. The van der Waals surface area contributed by atoms with E-state index in [2.05, 4.69) is 15.3 Å². The molecule has 14 heavy (non-hydrogen) atoms. The maximum atomic E-state index is 10.9. The fourth-order valence-corrected chi connectivity index (χ4v) is 1.03. The Morgan fingerprint density at radius 1 is 1.71 bits per heavy atom. The number of H-pyrrole nitrogens is 1. The molecule has 0 saturated carbocycles. The van der Waals surface area contributed by atoms with E-state index in [1.165, 1.54) is 0 Å². The molecule has 0 saturated heterocycles. The highest BCUT2D eigenvalue weighted by Gasteiger charge is 2.00. The van der Waals surface area contributed by atoms with Gasteiger partial charge in [-0.15, -0.1) is 0 Å². The molecule has 1 rings (SSSR count). The van der Waals surface area contributed by atoms with Crippen LogP contribution >= 0.6 is 0 Å². The van der Waals surface area contributed by atoms with Gasteiger partial charge in [0.1, 0.15) is 5.82 Å². The molecule has 1 heterocycles. The van der Waals surface area contributed by atoms with Crippen molar-refractivity contribution in [3.63, 3.8) is 0 Å². The third-order valence-corrected chi connectivity index (χ3v) is 1.66. The van der Waals surface area contributed by atoms with Crippen molar-refractivity contribution in [2.75, 3.05) is 13.2 Å². The van der Waals surface area contributed by atoms with Gasteiger partial charge in [-0.2, -0.15) is 0 Å². The van der Waals surface area contributed by atoms with Crippen molar-refractivity contribution >= 4 is 5.97 Å². The quantitative estimate of drug-likeness (QED) is 0.513. The fraction of sp³-hybridized carbons (Fsp3) is 0.556. The first-order chi connectivity index (χ1) is 6.83. The molecule has 0 amide bonds. The van der Waals surface area contributed by atoms with Crippen LogP contribution in [0.4, 0.5) is 0 Å². The summed E-state index contributed by atoms with van der Waals surface area (Å²) < 4.78 is 4.78. The molecule has 0 aliphatic rings. The zero-order chi connectivity index (χ0) is 10.2. The molecule has 1 aromatic rings. The Balaban J connectivity index is 2.02. The van der Waals surface area contributed by atoms with Crippen molar-refractivity contribution < 1.29 is 9.53 Å². The Labute approximate surface area is 82.9 Å². The molecule has 5 nitrogen and oxygen atoms in total. The summed E-state index contributed by atoms with van der Waals surface area (Å²) in [5.41, 5.74) is 0. The van der Waals surface area contributed by atoms with Crippen molar-refractivity contribution in [1.82, 2.24) is 15.3 Å². The van der Waals surface area contributed by atoms with Crippen LogP contribution in [0.3, 0.4) is 0 Å². The van der Waals surface area contributed by atoms with E-state index in [-0.39, 0.29) is 5.97 Å². The summed E-state index contributed by atoms with van der Waals surface area (Å²) in [5, 5.41) is 3.08. The first-order valence-electron chi connectivity index (χ1n) is 4.67. The highest BCUT2D eigenvalue weighted by atomic mass is 16.5. The molecule has 0 unspecified atom stereocenters. The number of hydrogen-bond donors (Lipinski definition) is 2. The van der Waals surface area contributed by atoms with Crippen LogP contribution < -0.4 is 5.32 Å². The summed E-state index contributed by atoms with van der Waals surface area (Å²) in [6, 6.07) is 0. The molecule has 2 N–H and O–H groups in total. The standard InChI is InChI=1S/C9H15N3O2/c1-2-14-9(13)3-4-10-7-8-11-5-6-12-8/h5-6,10H,2-4,7H2,1H3,(H,11,12). The lowest BCUT2D eigenvalue weighted by Crippen LogP contribution is -2.19. The van der Waals surface area contributed by atoms with E-state index < -0.39 is 0 Å². The van der Waals surface area contributed by atoms with Crippen molar-refractivity contribution in [2.45, 2.75) is 19.9 Å². The maximum absolute atomic E-state index is 10.9. The number of hydrogen-bond acceptors (Lipinski definition) is 4. The number of carbonyl (C=O) groups is 1. The van der Waals surface area contributed by atoms with Crippen LogP contribution in [0.1, 0.15) is 19.2 Å². The minimum absolute atomic E-state index is 0.167. The molecular weight excluding hydrogens is 182 g/mol. The van der Waals surface area contributed by atoms with Gasteiger partial charge in [0.2, 0.25) is 0 Å². The van der Waals surface area contributed by atoms with Crippen LogP contribution in [0.5, 0.6) is 0 Å². The van der Waals surface area contributed by atoms with Crippen LogP contribution in [0.25, 0.3) is 0 Å². The van der Waals surface area contributed by atoms with E-state index in [9.17, 15) is 4.79 Å². The lowest BCUT2D eigenvalue weighted by molar-refractivity contribution is -0.142. The summed E-state index contributed by atoms with van der Waals surface area (Å²) in [5.74, 6) is 0.702. The highest BCUT2D eigenvalue weighted by molar-refractivity contribution is 5.69. The number of ether oxygens (including phenoxy) is 1. The van der Waals surface area contributed by atoms with E-state index in [1.54, 1.807) is 19.3 Å². The van der Waals surface area contributed by atoms with Gasteiger partial charge in [-0.1, -0.05) is 0 Å². The number of aromatic nitrogens is 2. The van der Waals surface area contributed by atoms with E-state index >= 15 is 0 Å². The normalized spacial score (nSPS) is 10.1. The smallest absolute Gasteiger partial charge is 0.307 e. The zero-order valence-electron chi connectivity index (χ0n) is 8.25. The predicted octanol–water partition coefficient (Wildman–Crippen LogP) is 0.452. The van der Waals surface area contributed by atoms with Gasteiger partial charge in [-0.25, -0.2) is 4.98 Å². The zero-order valence-corrected chi connectivity index (χ0v) is 8.25. The largest absolute Gasteiger partial charge is 0.466 e. The summed E-state index contributed by atoms with van der Waals surface area (Å²) >= 11 is 0. The van der Waals surface area contributed by atoms with Gasteiger partial charge < -0.3 is 15.0 Å². The number of aromatic amines is 1. The number of nitrogens with zero attached hydrogens (tertiary/aromatic N) is 1. The van der Waals surface area contributed by atoms with Gasteiger partial charge in [-0.05, 0) is 6.92 Å². The second-order valence-electron chi connectivity index (χ2n) is 2.77. The second kappa shape index (κ2) is 6.15. The molecular formula is C9H15N3O2. The summed E-state index contributed by atoms with van der Waals surface area (Å²) in [7, 11) is 0. The SMILES string of the molecule is CCOC(=O)CCNCc1ncc[nH]1. The van der Waals surface area contributed by atoms with E-state index in [4.69, 9.17) is 4.74 Å². The Hall–Kier alpha value is -1.36. The maximum Gasteiger partial charge on any atom is 0.307 e. The Kier molecular flexibility index (Phi) is 4.71. The molecule has 78 valence electrons. The van der Waals surface area contributed by atoms with E-state index in [1.807, 2.05) is 0 Å². The molecule has 0 spiro atoms. The predicted molar refractivity (Wildman–Crippen MR) is 51.5 cm³/mol. The first kappa shape index (κ1) is 10.7. The van der Waals surface area contributed by atoms with Crippen molar-refractivity contribution in [1.29, 1.82) is 0 Å². The van der Waals surface area contributed by atoms with Gasteiger partial charge in [0, 0.05) is 18.9 Å². The minimum atomic E-state index is -0.167. The molecule has 0 aliphatic heterocycles. The average molecular weight is 197 g/mol. The van der Waals surface area contributed by atoms with Gasteiger partial charge in [-0.3, -0.25) is 4.79 Å². The second-order valence-corrected chi connectivity index (χ2v) is 2.77. The van der Waals surface area contributed by atoms with Gasteiger partial charge in [0.25, 0.3) is 0 Å². The third-order valence-electron chi connectivity index (χ3n) is 1.66. The molecule has 0 aliphatic carbocycles. The van der Waals surface area contributed by atoms with Gasteiger partial charge >= 0.3 is 5.97 Å². The number of imidazole rings is 1. The van der Waals surface area contributed by atoms with Crippen LogP contribution in [-0.4, -0.2) is 29.1 Å². The molecule has 1 aromatic heterocycles. The van der Waals surface area contributed by atoms with E-state index in [0.717, 1.165) is 5.82 Å². The van der Waals surface area contributed by atoms with Crippen LogP contribution in [0.2, 0.25) is 0 Å². The molecule has 0 bridgehead atoms. The number of esters is 1. The summed E-state index contributed by atoms with van der Waals surface area (Å²) in [6.07, 6.45) is 3.86. The molecule has 0 aromatic carbocycles. The Morgan fingerprint density at radius 2 is 2.57 bits per heavy atom. The van der Waals surface area contributed by atoms with Crippen LogP contribution in [0, 0.1) is 0 Å². The monoisotopic (exact) mass is 197 g/mol. The number of rotatable bonds is 6. The van der Waals surface area contributed by atoms with Crippen molar-refractivity contribution in [3.05, 3.63) is 18.2 Å².